The summed E-state index contributed by atoms with van der Waals surface area (Å²) in [6.07, 6.45) is 9.49. The molecule has 0 radical (unpaired) electrons. The molecule has 1 saturated carbocycles. The minimum absolute atomic E-state index is 0.725. The number of nitrogens with one attached hydrogen (secondary N) is 1. The summed E-state index contributed by atoms with van der Waals surface area (Å²) in [4.78, 5) is 5.02. The lowest BCUT2D eigenvalue weighted by Crippen LogP contribution is -2.49. The largest absolute Gasteiger partial charge is 0.349 e. The summed E-state index contributed by atoms with van der Waals surface area (Å²) in [6.45, 7) is 6.40. The third kappa shape index (κ3) is 4.95. The van der Waals surface area contributed by atoms with Crippen molar-refractivity contribution in [3.05, 3.63) is 29.3 Å². The van der Waals surface area contributed by atoms with Gasteiger partial charge >= 0.3 is 0 Å². The van der Waals surface area contributed by atoms with Crippen LogP contribution in [-0.2, 0) is 0 Å². The number of benzene rings is 1. The molecule has 1 aromatic carbocycles. The predicted molar refractivity (Wildman–Crippen MR) is 111 cm³/mol. The van der Waals surface area contributed by atoms with Gasteiger partial charge in [0.1, 0.15) is 0 Å². The van der Waals surface area contributed by atoms with Crippen LogP contribution in [0, 0.1) is 13.8 Å². The average molecular weight is 360 g/mol. The Balaban J connectivity index is 1.50. The van der Waals surface area contributed by atoms with E-state index in [4.69, 9.17) is 12.2 Å². The van der Waals surface area contributed by atoms with Crippen LogP contribution in [0.3, 0.4) is 0 Å². The van der Waals surface area contributed by atoms with E-state index in [2.05, 4.69) is 54.2 Å². The molecule has 2 fully saturated rings. The van der Waals surface area contributed by atoms with E-state index in [1.54, 1.807) is 0 Å². The molecular formula is C21H33N3S. The Bertz CT molecular complexity index is 567. The van der Waals surface area contributed by atoms with Gasteiger partial charge in [0.2, 0.25) is 0 Å². The Morgan fingerprint density at radius 3 is 2.12 bits per heavy atom. The van der Waals surface area contributed by atoms with E-state index in [1.807, 2.05) is 0 Å². The minimum Gasteiger partial charge on any atom is -0.349 e. The molecule has 138 valence electrons. The van der Waals surface area contributed by atoms with Crippen molar-refractivity contribution in [2.45, 2.75) is 70.9 Å². The van der Waals surface area contributed by atoms with Crippen molar-refractivity contribution < 1.29 is 0 Å². The van der Waals surface area contributed by atoms with Gasteiger partial charge in [0, 0.05) is 30.9 Å². The number of hydrogen-bond acceptors (Lipinski definition) is 2. The number of piperidine rings is 1. The molecule has 1 saturated heterocycles. The number of nitrogens with zero attached hydrogens (tertiary/aromatic N) is 2. The van der Waals surface area contributed by atoms with E-state index >= 15 is 0 Å². The van der Waals surface area contributed by atoms with Gasteiger partial charge in [-0.25, -0.2) is 0 Å². The lowest BCUT2D eigenvalue weighted by molar-refractivity contribution is 0.0985. The highest BCUT2D eigenvalue weighted by atomic mass is 32.1. The number of hydrogen-bond donors (Lipinski definition) is 1. The second kappa shape index (κ2) is 8.50. The number of aryl methyl sites for hydroxylation is 2. The van der Waals surface area contributed by atoms with Crippen LogP contribution in [0.4, 0.5) is 5.69 Å². The summed E-state index contributed by atoms with van der Waals surface area (Å²) in [5.41, 5.74) is 3.67. The van der Waals surface area contributed by atoms with E-state index in [0.29, 0.717) is 0 Å². The summed E-state index contributed by atoms with van der Waals surface area (Å²) >= 11 is 5.67. The lowest BCUT2D eigenvalue weighted by Gasteiger charge is -2.42. The van der Waals surface area contributed by atoms with E-state index in [1.165, 1.54) is 56.1 Å². The lowest BCUT2D eigenvalue weighted by atomic mass is 9.92. The minimum atomic E-state index is 0.725. The monoisotopic (exact) mass is 359 g/mol. The van der Waals surface area contributed by atoms with Crippen molar-refractivity contribution in [2.75, 3.05) is 25.5 Å². The van der Waals surface area contributed by atoms with Crippen LogP contribution >= 0.6 is 12.2 Å². The number of rotatable bonds is 3. The first-order valence-corrected chi connectivity index (χ1v) is 10.3. The SMILES string of the molecule is Cc1cc(C)cc(NC(=S)N2CCC(N(C)C3CCCCC3)CC2)c1. The quantitative estimate of drug-likeness (QED) is 0.786. The van der Waals surface area contributed by atoms with Gasteiger partial charge in [-0.15, -0.1) is 0 Å². The van der Waals surface area contributed by atoms with Gasteiger partial charge in [0.25, 0.3) is 0 Å². The smallest absolute Gasteiger partial charge is 0.173 e. The number of anilines is 1. The van der Waals surface area contributed by atoms with Gasteiger partial charge in [0.15, 0.2) is 5.11 Å². The highest BCUT2D eigenvalue weighted by Crippen LogP contribution is 2.26. The summed E-state index contributed by atoms with van der Waals surface area (Å²) in [5.74, 6) is 0. The predicted octanol–water partition coefficient (Wildman–Crippen LogP) is 4.73. The molecule has 0 unspecified atom stereocenters. The molecule has 0 aromatic heterocycles. The summed E-state index contributed by atoms with van der Waals surface area (Å²) < 4.78 is 0. The number of likely N-dealkylation sites (tertiary alicyclic amines) is 1. The molecule has 3 nitrogen and oxygen atoms in total. The van der Waals surface area contributed by atoms with E-state index in [-0.39, 0.29) is 0 Å². The molecule has 0 bridgehead atoms. The van der Waals surface area contributed by atoms with Crippen molar-refractivity contribution in [2.24, 2.45) is 0 Å². The Kier molecular flexibility index (Phi) is 6.34. The summed E-state index contributed by atoms with van der Waals surface area (Å²) in [7, 11) is 2.35. The fourth-order valence-electron chi connectivity index (χ4n) is 4.51. The molecule has 0 spiro atoms. The first kappa shape index (κ1) is 18.7. The van der Waals surface area contributed by atoms with Gasteiger partial charge in [-0.05, 0) is 82.1 Å². The standard InChI is InChI=1S/C21H33N3S/c1-16-13-17(2)15-18(14-16)22-21(25)24-11-9-20(10-12-24)23(3)19-7-5-4-6-8-19/h13-15,19-20H,4-12H2,1-3H3,(H,22,25). The van der Waals surface area contributed by atoms with Crippen LogP contribution in [0.15, 0.2) is 18.2 Å². The zero-order valence-electron chi connectivity index (χ0n) is 16.1. The molecule has 3 rings (SSSR count). The van der Waals surface area contributed by atoms with Crippen LogP contribution in [-0.4, -0.2) is 47.1 Å². The van der Waals surface area contributed by atoms with Crippen molar-refractivity contribution in [1.82, 2.24) is 9.80 Å². The molecule has 1 aliphatic carbocycles. The molecule has 0 atom stereocenters. The van der Waals surface area contributed by atoms with Crippen LogP contribution in [0.25, 0.3) is 0 Å². The van der Waals surface area contributed by atoms with Crippen molar-refractivity contribution >= 4 is 23.0 Å². The molecule has 25 heavy (non-hydrogen) atoms. The van der Waals surface area contributed by atoms with Gasteiger partial charge in [-0.1, -0.05) is 25.3 Å². The normalized spacial score (nSPS) is 20.1. The van der Waals surface area contributed by atoms with Crippen molar-refractivity contribution in [3.8, 4) is 0 Å². The van der Waals surface area contributed by atoms with Crippen LogP contribution in [0.2, 0.25) is 0 Å². The van der Waals surface area contributed by atoms with Gasteiger partial charge < -0.3 is 15.1 Å². The van der Waals surface area contributed by atoms with Crippen molar-refractivity contribution in [1.29, 1.82) is 0 Å². The maximum Gasteiger partial charge on any atom is 0.173 e. The fraction of sp³-hybridized carbons (Fsp3) is 0.667. The Labute approximate surface area is 158 Å². The first-order valence-electron chi connectivity index (χ1n) is 9.89. The van der Waals surface area contributed by atoms with Gasteiger partial charge in [0.05, 0.1) is 0 Å². The molecular weight excluding hydrogens is 326 g/mol. The maximum atomic E-state index is 5.67. The second-order valence-electron chi connectivity index (χ2n) is 7.98. The molecule has 0 amide bonds. The Morgan fingerprint density at radius 2 is 1.52 bits per heavy atom. The molecule has 4 heteroatoms. The highest BCUT2D eigenvalue weighted by Gasteiger charge is 2.28. The number of thiocarbonyl (C=S) groups is 1. The molecule has 1 aliphatic heterocycles. The van der Waals surface area contributed by atoms with E-state index in [9.17, 15) is 0 Å². The maximum absolute atomic E-state index is 5.67. The van der Waals surface area contributed by atoms with Crippen LogP contribution in [0.1, 0.15) is 56.1 Å². The second-order valence-corrected chi connectivity index (χ2v) is 8.37. The molecule has 1 aromatic rings. The summed E-state index contributed by atoms with van der Waals surface area (Å²) in [5, 5.41) is 4.32. The van der Waals surface area contributed by atoms with Crippen molar-refractivity contribution in [3.63, 3.8) is 0 Å². The van der Waals surface area contributed by atoms with E-state index < -0.39 is 0 Å². The zero-order valence-corrected chi connectivity index (χ0v) is 16.9. The molecule has 2 aliphatic rings. The first-order chi connectivity index (χ1) is 12.0. The third-order valence-electron chi connectivity index (χ3n) is 5.95. The third-order valence-corrected chi connectivity index (χ3v) is 6.31. The fourth-order valence-corrected chi connectivity index (χ4v) is 4.81. The Morgan fingerprint density at radius 1 is 0.960 bits per heavy atom. The highest BCUT2D eigenvalue weighted by molar-refractivity contribution is 7.80. The van der Waals surface area contributed by atoms with Crippen LogP contribution in [0.5, 0.6) is 0 Å². The average Bonchev–Trinajstić information content (AvgIpc) is 2.61. The Hall–Kier alpha value is -1.13. The molecule has 1 N–H and O–H groups in total. The van der Waals surface area contributed by atoms with E-state index in [0.717, 1.165) is 36.0 Å². The summed E-state index contributed by atoms with van der Waals surface area (Å²) in [6, 6.07) is 8.07. The molecule has 1 heterocycles. The van der Waals surface area contributed by atoms with Gasteiger partial charge in [-0.2, -0.15) is 0 Å². The van der Waals surface area contributed by atoms with Crippen LogP contribution < -0.4 is 5.32 Å². The topological polar surface area (TPSA) is 18.5 Å². The van der Waals surface area contributed by atoms with Gasteiger partial charge in [-0.3, -0.25) is 0 Å². The zero-order chi connectivity index (χ0) is 17.8.